The molecule has 0 aliphatic carbocycles. The maximum atomic E-state index is 14.0. The molecule has 0 saturated carbocycles. The summed E-state index contributed by atoms with van der Waals surface area (Å²) in [7, 11) is 0. The van der Waals surface area contributed by atoms with Gasteiger partial charge in [-0.15, -0.1) is 0 Å². The van der Waals surface area contributed by atoms with E-state index in [0.717, 1.165) is 43.0 Å². The first-order chi connectivity index (χ1) is 15.8. The average Bonchev–Trinajstić information content (AvgIpc) is 3.09. The quantitative estimate of drug-likeness (QED) is 0.248. The summed E-state index contributed by atoms with van der Waals surface area (Å²) in [6.45, 7) is 0.375. The third kappa shape index (κ3) is 3.80. The highest BCUT2D eigenvalue weighted by molar-refractivity contribution is 9.10. The molecule has 0 saturated heterocycles. The number of carbonyl (C=O) groups is 1. The van der Waals surface area contributed by atoms with Crippen molar-refractivity contribution < 1.29 is 9.18 Å². The Bertz CT molecular complexity index is 1560. The number of fused-ring (bicyclic) bond motifs is 3. The lowest BCUT2D eigenvalue weighted by molar-refractivity contribution is 0.100. The molecule has 0 bridgehead atoms. The molecule has 0 spiro atoms. The van der Waals surface area contributed by atoms with E-state index < -0.39 is 5.91 Å². The first-order valence-corrected chi connectivity index (χ1v) is 11.6. The second-order valence-electron chi connectivity index (χ2n) is 7.71. The largest absolute Gasteiger partial charge is 0.366 e. The third-order valence-corrected chi connectivity index (χ3v) is 7.15. The van der Waals surface area contributed by atoms with Gasteiger partial charge < -0.3 is 10.3 Å². The Morgan fingerprint density at radius 2 is 1.67 bits per heavy atom. The zero-order valence-electron chi connectivity index (χ0n) is 17.1. The van der Waals surface area contributed by atoms with Crippen molar-refractivity contribution in [2.75, 3.05) is 0 Å². The normalized spacial score (nSPS) is 11.4. The van der Waals surface area contributed by atoms with Crippen LogP contribution in [0, 0.1) is 5.82 Å². The highest BCUT2D eigenvalue weighted by Crippen LogP contribution is 2.39. The standard InChI is InChI=1S/C26H16BrCl2FN2O/c27-19-10-8-16(30)11-15(19)13-32-22-6-1-3-18(26(31)33)25(22)17-9-7-14(12-23(17)32)24-20(28)4-2-5-21(24)29/h1-12H,13H2,(H2,31,33). The number of halogens is 4. The van der Waals surface area contributed by atoms with Crippen molar-refractivity contribution in [2.45, 2.75) is 6.54 Å². The number of benzene rings is 4. The molecule has 1 aromatic heterocycles. The van der Waals surface area contributed by atoms with Crippen molar-refractivity contribution in [3.8, 4) is 11.1 Å². The second-order valence-corrected chi connectivity index (χ2v) is 9.38. The molecular formula is C26H16BrCl2FN2O. The van der Waals surface area contributed by atoms with E-state index in [4.69, 9.17) is 28.9 Å². The van der Waals surface area contributed by atoms with Crippen molar-refractivity contribution in [2.24, 2.45) is 5.73 Å². The van der Waals surface area contributed by atoms with Crippen molar-refractivity contribution in [1.29, 1.82) is 0 Å². The lowest BCUT2D eigenvalue weighted by Gasteiger charge is -2.12. The van der Waals surface area contributed by atoms with Gasteiger partial charge in [-0.05, 0) is 59.7 Å². The van der Waals surface area contributed by atoms with E-state index in [0.29, 0.717) is 22.2 Å². The highest BCUT2D eigenvalue weighted by Gasteiger charge is 2.19. The highest BCUT2D eigenvalue weighted by atomic mass is 79.9. The molecule has 3 nitrogen and oxygen atoms in total. The van der Waals surface area contributed by atoms with E-state index >= 15 is 0 Å². The molecule has 1 heterocycles. The molecule has 164 valence electrons. The number of carbonyl (C=O) groups excluding carboxylic acids is 1. The zero-order chi connectivity index (χ0) is 23.3. The minimum absolute atomic E-state index is 0.324. The smallest absolute Gasteiger partial charge is 0.249 e. The number of nitrogens with zero attached hydrogens (tertiary/aromatic N) is 1. The van der Waals surface area contributed by atoms with Crippen molar-refractivity contribution in [1.82, 2.24) is 4.57 Å². The van der Waals surface area contributed by atoms with Gasteiger partial charge in [0.1, 0.15) is 5.82 Å². The lowest BCUT2D eigenvalue weighted by atomic mass is 10.0. The summed E-state index contributed by atoms with van der Waals surface area (Å²) in [4.78, 5) is 12.2. The number of hydrogen-bond acceptors (Lipinski definition) is 1. The average molecular weight is 542 g/mol. The van der Waals surface area contributed by atoms with Crippen LogP contribution >= 0.6 is 39.1 Å². The van der Waals surface area contributed by atoms with Crippen LogP contribution in [0.15, 0.2) is 77.3 Å². The van der Waals surface area contributed by atoms with Crippen LogP contribution in [-0.2, 0) is 6.54 Å². The summed E-state index contributed by atoms with van der Waals surface area (Å²) in [5, 5.41) is 2.69. The fourth-order valence-electron chi connectivity index (χ4n) is 4.28. The molecule has 5 rings (SSSR count). The van der Waals surface area contributed by atoms with Crippen molar-refractivity contribution >= 4 is 66.8 Å². The number of hydrogen-bond donors (Lipinski definition) is 1. The third-order valence-electron chi connectivity index (χ3n) is 5.74. The fourth-order valence-corrected chi connectivity index (χ4v) is 5.27. The van der Waals surface area contributed by atoms with E-state index in [1.54, 1.807) is 36.4 Å². The Kier molecular flexibility index (Phi) is 5.65. The summed E-state index contributed by atoms with van der Waals surface area (Å²) < 4.78 is 16.9. The van der Waals surface area contributed by atoms with Crippen LogP contribution in [-0.4, -0.2) is 10.5 Å². The van der Waals surface area contributed by atoms with Gasteiger partial charge in [0, 0.05) is 43.0 Å². The molecule has 2 N–H and O–H groups in total. The Labute approximate surface area is 207 Å². The van der Waals surface area contributed by atoms with Gasteiger partial charge in [-0.1, -0.05) is 63.4 Å². The molecule has 7 heteroatoms. The number of rotatable bonds is 4. The van der Waals surface area contributed by atoms with Crippen LogP contribution in [0.2, 0.25) is 10.0 Å². The lowest BCUT2D eigenvalue weighted by Crippen LogP contribution is -2.11. The molecule has 1 amide bonds. The Balaban J connectivity index is 1.85. The minimum atomic E-state index is -0.509. The van der Waals surface area contributed by atoms with E-state index in [2.05, 4.69) is 15.9 Å². The van der Waals surface area contributed by atoms with Crippen LogP contribution in [0.25, 0.3) is 32.9 Å². The summed E-state index contributed by atoms with van der Waals surface area (Å²) in [5.41, 5.74) is 10.1. The van der Waals surface area contributed by atoms with Gasteiger partial charge in [-0.25, -0.2) is 4.39 Å². The van der Waals surface area contributed by atoms with Gasteiger partial charge in [-0.2, -0.15) is 0 Å². The van der Waals surface area contributed by atoms with Crippen LogP contribution in [0.1, 0.15) is 15.9 Å². The number of aromatic nitrogens is 1. The SMILES string of the molecule is NC(=O)c1cccc2c1c1ccc(-c3c(Cl)cccc3Cl)cc1n2Cc1cc(F)ccc1Br. The summed E-state index contributed by atoms with van der Waals surface area (Å²) in [6.07, 6.45) is 0. The van der Waals surface area contributed by atoms with Gasteiger partial charge in [0.25, 0.3) is 0 Å². The van der Waals surface area contributed by atoms with Crippen LogP contribution in [0.5, 0.6) is 0 Å². The molecule has 0 aliphatic rings. The predicted molar refractivity (Wildman–Crippen MR) is 137 cm³/mol. The summed E-state index contributed by atoms with van der Waals surface area (Å²) >= 11 is 16.5. The van der Waals surface area contributed by atoms with E-state index in [1.165, 1.54) is 12.1 Å². The molecular weight excluding hydrogens is 526 g/mol. The Hall–Kier alpha value is -2.86. The maximum Gasteiger partial charge on any atom is 0.249 e. The Morgan fingerprint density at radius 3 is 2.39 bits per heavy atom. The minimum Gasteiger partial charge on any atom is -0.366 e. The van der Waals surface area contributed by atoms with Gasteiger partial charge in [-0.3, -0.25) is 4.79 Å². The van der Waals surface area contributed by atoms with Gasteiger partial charge in [0.05, 0.1) is 11.0 Å². The molecule has 0 atom stereocenters. The van der Waals surface area contributed by atoms with Gasteiger partial charge in [0.2, 0.25) is 5.91 Å². The molecule has 0 unspecified atom stereocenters. The van der Waals surface area contributed by atoms with Crippen LogP contribution < -0.4 is 5.73 Å². The van der Waals surface area contributed by atoms with E-state index in [-0.39, 0.29) is 5.82 Å². The van der Waals surface area contributed by atoms with Crippen LogP contribution in [0.3, 0.4) is 0 Å². The van der Waals surface area contributed by atoms with Crippen molar-refractivity contribution in [3.63, 3.8) is 0 Å². The fraction of sp³-hybridized carbons (Fsp3) is 0.0385. The second kappa shape index (κ2) is 8.49. The molecule has 0 fully saturated rings. The molecule has 4 aromatic carbocycles. The van der Waals surface area contributed by atoms with Gasteiger partial charge >= 0.3 is 0 Å². The van der Waals surface area contributed by atoms with Gasteiger partial charge in [0.15, 0.2) is 0 Å². The zero-order valence-corrected chi connectivity index (χ0v) is 20.2. The summed E-state index contributed by atoms with van der Waals surface area (Å²) in [5.74, 6) is -0.833. The number of amides is 1. The summed E-state index contributed by atoms with van der Waals surface area (Å²) in [6, 6.07) is 21.2. The maximum absolute atomic E-state index is 14.0. The topological polar surface area (TPSA) is 48.0 Å². The first-order valence-electron chi connectivity index (χ1n) is 10.1. The molecule has 33 heavy (non-hydrogen) atoms. The Morgan fingerprint density at radius 1 is 0.939 bits per heavy atom. The molecule has 5 aromatic rings. The number of nitrogens with two attached hydrogens (primary N) is 1. The number of primary amides is 1. The monoisotopic (exact) mass is 540 g/mol. The van der Waals surface area contributed by atoms with E-state index in [9.17, 15) is 9.18 Å². The molecule has 0 aliphatic heterocycles. The van der Waals surface area contributed by atoms with Crippen LogP contribution in [0.4, 0.5) is 4.39 Å². The van der Waals surface area contributed by atoms with Crippen molar-refractivity contribution in [3.05, 3.63) is 104 Å². The molecule has 0 radical (unpaired) electrons. The first kappa shape index (κ1) is 22.0. The van der Waals surface area contributed by atoms with E-state index in [1.807, 2.05) is 28.8 Å². The predicted octanol–water partition coefficient (Wildman–Crippen LogP) is 7.82.